The molecule has 1 amide bonds. The van der Waals surface area contributed by atoms with Gasteiger partial charge >= 0.3 is 0 Å². The number of hydrogen-bond donors (Lipinski definition) is 2. The van der Waals surface area contributed by atoms with E-state index in [1.165, 1.54) is 6.20 Å². The summed E-state index contributed by atoms with van der Waals surface area (Å²) in [5.41, 5.74) is 0.976. The molecule has 0 unspecified atom stereocenters. The minimum Gasteiger partial charge on any atom is -0.360 e. The molecule has 21 heavy (non-hydrogen) atoms. The number of rotatable bonds is 2. The van der Waals surface area contributed by atoms with Crippen LogP contribution in [0.2, 0.25) is 5.02 Å². The van der Waals surface area contributed by atoms with Crippen molar-refractivity contribution in [2.24, 2.45) is 0 Å². The number of fused-ring (bicyclic) bond motifs is 1. The molecule has 2 N–H and O–H groups in total. The molecule has 5 heteroatoms. The number of halogens is 1. The second kappa shape index (κ2) is 5.42. The molecule has 0 radical (unpaired) electrons. The summed E-state index contributed by atoms with van der Waals surface area (Å²) in [5.74, 6) is -0.445. The number of H-pyrrole nitrogens is 1. The van der Waals surface area contributed by atoms with Gasteiger partial charge in [-0.1, -0.05) is 29.8 Å². The van der Waals surface area contributed by atoms with Gasteiger partial charge in [-0.15, -0.1) is 0 Å². The van der Waals surface area contributed by atoms with Crippen molar-refractivity contribution in [2.75, 3.05) is 5.32 Å². The summed E-state index contributed by atoms with van der Waals surface area (Å²) < 4.78 is 0. The van der Waals surface area contributed by atoms with Crippen LogP contribution in [0.3, 0.4) is 0 Å². The number of para-hydroxylation sites is 1. The van der Waals surface area contributed by atoms with Crippen molar-refractivity contribution in [2.45, 2.75) is 0 Å². The van der Waals surface area contributed by atoms with Crippen LogP contribution >= 0.6 is 11.6 Å². The maximum atomic E-state index is 12.3. The maximum Gasteiger partial charge on any atom is 0.261 e. The summed E-state index contributed by atoms with van der Waals surface area (Å²) in [7, 11) is 0. The third kappa shape index (κ3) is 2.66. The van der Waals surface area contributed by atoms with Crippen molar-refractivity contribution in [1.82, 2.24) is 4.98 Å². The van der Waals surface area contributed by atoms with E-state index in [4.69, 9.17) is 11.6 Å². The smallest absolute Gasteiger partial charge is 0.261 e. The van der Waals surface area contributed by atoms with Crippen LogP contribution < -0.4 is 10.7 Å². The first-order chi connectivity index (χ1) is 10.1. The molecule has 1 heterocycles. The van der Waals surface area contributed by atoms with E-state index in [-0.39, 0.29) is 11.0 Å². The SMILES string of the molecule is O=C(Nc1ccccc1)c1c[nH]c2cc(Cl)ccc2c1=O. The minimum atomic E-state index is -0.445. The van der Waals surface area contributed by atoms with Crippen molar-refractivity contribution in [3.8, 4) is 0 Å². The molecular formula is C16H11ClN2O2. The molecule has 0 bridgehead atoms. The number of hydrogen-bond acceptors (Lipinski definition) is 2. The largest absolute Gasteiger partial charge is 0.360 e. The van der Waals surface area contributed by atoms with E-state index in [0.29, 0.717) is 21.6 Å². The van der Waals surface area contributed by atoms with E-state index in [9.17, 15) is 9.59 Å². The van der Waals surface area contributed by atoms with Gasteiger partial charge in [0.15, 0.2) is 0 Å². The molecule has 0 fully saturated rings. The highest BCUT2D eigenvalue weighted by Gasteiger charge is 2.13. The lowest BCUT2D eigenvalue weighted by molar-refractivity contribution is 0.102. The molecule has 2 aromatic carbocycles. The number of benzene rings is 2. The summed E-state index contributed by atoms with van der Waals surface area (Å²) >= 11 is 5.88. The average molecular weight is 299 g/mol. The summed E-state index contributed by atoms with van der Waals surface area (Å²) in [6.07, 6.45) is 1.40. The Hall–Kier alpha value is -2.59. The minimum absolute atomic E-state index is 0.0636. The van der Waals surface area contributed by atoms with Crippen LogP contribution in [0.5, 0.6) is 0 Å². The van der Waals surface area contributed by atoms with Crippen molar-refractivity contribution in [1.29, 1.82) is 0 Å². The Morgan fingerprint density at radius 2 is 1.86 bits per heavy atom. The molecular weight excluding hydrogens is 288 g/mol. The standard InChI is InChI=1S/C16H11ClN2O2/c17-10-6-7-12-14(8-10)18-9-13(15(12)20)16(21)19-11-4-2-1-3-5-11/h1-9H,(H,18,20)(H,19,21). The number of pyridine rings is 1. The topological polar surface area (TPSA) is 62.0 Å². The highest BCUT2D eigenvalue weighted by molar-refractivity contribution is 6.31. The van der Waals surface area contributed by atoms with Gasteiger partial charge < -0.3 is 10.3 Å². The molecule has 4 nitrogen and oxygen atoms in total. The highest BCUT2D eigenvalue weighted by Crippen LogP contribution is 2.15. The third-order valence-corrected chi connectivity index (χ3v) is 3.35. The van der Waals surface area contributed by atoms with Crippen molar-refractivity contribution >= 4 is 34.1 Å². The second-order valence-electron chi connectivity index (χ2n) is 4.54. The van der Waals surface area contributed by atoms with Crippen molar-refractivity contribution < 1.29 is 4.79 Å². The normalized spacial score (nSPS) is 10.5. The van der Waals surface area contributed by atoms with Crippen LogP contribution in [0.15, 0.2) is 59.5 Å². The lowest BCUT2D eigenvalue weighted by atomic mass is 10.1. The quantitative estimate of drug-likeness (QED) is 0.761. The molecule has 0 spiro atoms. The third-order valence-electron chi connectivity index (χ3n) is 3.12. The monoisotopic (exact) mass is 298 g/mol. The Labute approximate surface area is 125 Å². The van der Waals surface area contributed by atoms with Gasteiger partial charge in [0.2, 0.25) is 5.43 Å². The number of carbonyl (C=O) groups excluding carboxylic acids is 1. The van der Waals surface area contributed by atoms with Crippen LogP contribution in [0.4, 0.5) is 5.69 Å². The summed E-state index contributed by atoms with van der Waals surface area (Å²) in [4.78, 5) is 27.5. The molecule has 0 atom stereocenters. The van der Waals surface area contributed by atoms with Crippen molar-refractivity contribution in [3.05, 3.63) is 75.5 Å². The number of carbonyl (C=O) groups is 1. The molecule has 0 saturated heterocycles. The van der Waals surface area contributed by atoms with Gasteiger partial charge in [0, 0.05) is 22.3 Å². The maximum absolute atomic E-state index is 12.3. The van der Waals surface area contributed by atoms with Crippen LogP contribution in [0.25, 0.3) is 10.9 Å². The summed E-state index contributed by atoms with van der Waals surface area (Å²) in [5, 5.41) is 3.65. The van der Waals surface area contributed by atoms with Gasteiger partial charge in [-0.2, -0.15) is 0 Å². The Kier molecular flexibility index (Phi) is 3.46. The Bertz CT molecular complexity index is 872. The number of aromatic amines is 1. The van der Waals surface area contributed by atoms with Gasteiger partial charge in [0.25, 0.3) is 5.91 Å². The van der Waals surface area contributed by atoms with Crippen LogP contribution in [0.1, 0.15) is 10.4 Å². The lowest BCUT2D eigenvalue weighted by Crippen LogP contribution is -2.21. The Morgan fingerprint density at radius 1 is 1.10 bits per heavy atom. The predicted octanol–water partition coefficient (Wildman–Crippen LogP) is 3.43. The number of amides is 1. The van der Waals surface area contributed by atoms with Gasteiger partial charge in [0.05, 0.1) is 5.52 Å². The van der Waals surface area contributed by atoms with E-state index in [1.54, 1.807) is 30.3 Å². The molecule has 1 aromatic heterocycles. The first-order valence-electron chi connectivity index (χ1n) is 6.32. The van der Waals surface area contributed by atoms with E-state index in [2.05, 4.69) is 10.3 Å². The molecule has 0 aliphatic carbocycles. The van der Waals surface area contributed by atoms with Crippen LogP contribution in [-0.2, 0) is 0 Å². The van der Waals surface area contributed by atoms with E-state index < -0.39 is 5.91 Å². The van der Waals surface area contributed by atoms with Gasteiger partial charge in [-0.25, -0.2) is 0 Å². The first kappa shape index (κ1) is 13.4. The number of anilines is 1. The summed E-state index contributed by atoms with van der Waals surface area (Å²) in [6, 6.07) is 13.9. The zero-order chi connectivity index (χ0) is 14.8. The highest BCUT2D eigenvalue weighted by atomic mass is 35.5. The fraction of sp³-hybridized carbons (Fsp3) is 0. The summed E-state index contributed by atoms with van der Waals surface area (Å²) in [6.45, 7) is 0. The van der Waals surface area contributed by atoms with E-state index >= 15 is 0 Å². The van der Waals surface area contributed by atoms with Gasteiger partial charge in [0.1, 0.15) is 5.56 Å². The van der Waals surface area contributed by atoms with Crippen molar-refractivity contribution in [3.63, 3.8) is 0 Å². The predicted molar refractivity (Wildman–Crippen MR) is 84.0 cm³/mol. The first-order valence-corrected chi connectivity index (χ1v) is 6.70. The Morgan fingerprint density at radius 3 is 2.62 bits per heavy atom. The zero-order valence-corrected chi connectivity index (χ0v) is 11.6. The van der Waals surface area contributed by atoms with E-state index in [1.807, 2.05) is 18.2 Å². The molecule has 3 aromatic rings. The Balaban J connectivity index is 2.01. The lowest BCUT2D eigenvalue weighted by Gasteiger charge is -2.06. The number of nitrogens with one attached hydrogen (secondary N) is 2. The molecule has 0 aliphatic rings. The zero-order valence-electron chi connectivity index (χ0n) is 10.9. The number of aromatic nitrogens is 1. The van der Waals surface area contributed by atoms with Crippen LogP contribution in [0, 0.1) is 0 Å². The fourth-order valence-corrected chi connectivity index (χ4v) is 2.26. The molecule has 0 saturated carbocycles. The van der Waals surface area contributed by atoms with Gasteiger partial charge in [-0.05, 0) is 30.3 Å². The van der Waals surface area contributed by atoms with Crippen LogP contribution in [-0.4, -0.2) is 10.9 Å². The van der Waals surface area contributed by atoms with E-state index in [0.717, 1.165) is 0 Å². The fourth-order valence-electron chi connectivity index (χ4n) is 2.08. The molecule has 3 rings (SSSR count). The average Bonchev–Trinajstić information content (AvgIpc) is 2.48. The molecule has 104 valence electrons. The second-order valence-corrected chi connectivity index (χ2v) is 4.98. The van der Waals surface area contributed by atoms with Gasteiger partial charge in [-0.3, -0.25) is 9.59 Å². The molecule has 0 aliphatic heterocycles.